The molecule has 0 heterocycles. The van der Waals surface area contributed by atoms with Crippen LogP contribution in [0.2, 0.25) is 5.02 Å². The first kappa shape index (κ1) is 26.3. The van der Waals surface area contributed by atoms with Gasteiger partial charge in [-0.2, -0.15) is 0 Å². The fraction of sp³-hybridized carbons (Fsp3) is 0.222. The Morgan fingerprint density at radius 1 is 0.914 bits per heavy atom. The third kappa shape index (κ3) is 7.87. The molecule has 0 saturated carbocycles. The van der Waals surface area contributed by atoms with Crippen molar-refractivity contribution in [2.45, 2.75) is 25.9 Å². The van der Waals surface area contributed by atoms with Crippen LogP contribution in [-0.2, 0) is 11.2 Å². The summed E-state index contributed by atoms with van der Waals surface area (Å²) in [6.07, 6.45) is 0.636. The Labute approximate surface area is 213 Å². The van der Waals surface area contributed by atoms with Crippen LogP contribution in [0, 0.1) is 0 Å². The molecule has 0 aliphatic heterocycles. The number of carbonyl (C=O) groups excluding carboxylic acids is 3. The van der Waals surface area contributed by atoms with Gasteiger partial charge in [-0.3, -0.25) is 14.4 Å². The molecule has 1 amide bonds. The Balaban J connectivity index is 1.46. The number of amides is 1. The van der Waals surface area contributed by atoms with E-state index in [4.69, 9.17) is 16.3 Å². The smallest absolute Gasteiger partial charge is 0.251 e. The zero-order valence-corrected chi connectivity index (χ0v) is 21.0. The summed E-state index contributed by atoms with van der Waals surface area (Å²) >= 11 is 6.75. The maximum absolute atomic E-state index is 12.7. The van der Waals surface area contributed by atoms with Crippen molar-refractivity contribution in [2.75, 3.05) is 12.3 Å². The minimum absolute atomic E-state index is 0.0168. The number of phenols is 1. The van der Waals surface area contributed by atoms with Crippen LogP contribution in [0.25, 0.3) is 0 Å². The molecule has 0 bridgehead atoms. The average molecular weight is 512 g/mol. The molecular weight excluding hydrogens is 486 g/mol. The molecule has 0 aliphatic carbocycles. The summed E-state index contributed by atoms with van der Waals surface area (Å²) in [7, 11) is 0. The summed E-state index contributed by atoms with van der Waals surface area (Å²) in [5, 5.41) is 12.5. The van der Waals surface area contributed by atoms with Crippen LogP contribution in [0.5, 0.6) is 11.5 Å². The van der Waals surface area contributed by atoms with Crippen LogP contribution >= 0.6 is 23.4 Å². The van der Waals surface area contributed by atoms with E-state index in [1.807, 2.05) is 12.1 Å². The van der Waals surface area contributed by atoms with E-state index in [9.17, 15) is 19.5 Å². The lowest BCUT2D eigenvalue weighted by atomic mass is 10.1. The van der Waals surface area contributed by atoms with Gasteiger partial charge in [0.25, 0.3) is 5.91 Å². The van der Waals surface area contributed by atoms with Gasteiger partial charge in [0.05, 0.1) is 5.75 Å². The van der Waals surface area contributed by atoms with Gasteiger partial charge in [-0.15, -0.1) is 0 Å². The summed E-state index contributed by atoms with van der Waals surface area (Å²) < 4.78 is 5.89. The SMILES string of the molecule is CC(C)(Oc1ccc(CCNC(=O)c2ccc(Cl)cc2)cc1)C(=O)SCC(=O)c1ccc(O)cc1. The fourth-order valence-corrected chi connectivity index (χ4v) is 4.06. The Morgan fingerprint density at radius 2 is 1.51 bits per heavy atom. The lowest BCUT2D eigenvalue weighted by Gasteiger charge is -2.24. The van der Waals surface area contributed by atoms with Crippen molar-refractivity contribution >= 4 is 40.2 Å². The van der Waals surface area contributed by atoms with Crippen LogP contribution in [0.15, 0.2) is 72.8 Å². The second kappa shape index (κ2) is 11.9. The topological polar surface area (TPSA) is 92.7 Å². The predicted octanol–water partition coefficient (Wildman–Crippen LogP) is 5.32. The van der Waals surface area contributed by atoms with Crippen LogP contribution in [0.3, 0.4) is 0 Å². The number of nitrogens with one attached hydrogen (secondary N) is 1. The second-order valence-electron chi connectivity index (χ2n) is 8.32. The summed E-state index contributed by atoms with van der Waals surface area (Å²) in [6.45, 7) is 3.79. The first-order valence-corrected chi connectivity index (χ1v) is 12.3. The number of hydrogen-bond acceptors (Lipinski definition) is 6. The van der Waals surface area contributed by atoms with Crippen molar-refractivity contribution in [1.29, 1.82) is 0 Å². The monoisotopic (exact) mass is 511 g/mol. The zero-order chi connectivity index (χ0) is 25.4. The van der Waals surface area contributed by atoms with Gasteiger partial charge in [-0.05, 0) is 86.5 Å². The first-order chi connectivity index (χ1) is 16.6. The Kier molecular flexibility index (Phi) is 8.95. The van der Waals surface area contributed by atoms with E-state index in [0.717, 1.165) is 17.3 Å². The van der Waals surface area contributed by atoms with Gasteiger partial charge < -0.3 is 15.2 Å². The van der Waals surface area contributed by atoms with Crippen molar-refractivity contribution in [2.24, 2.45) is 0 Å². The molecule has 35 heavy (non-hydrogen) atoms. The van der Waals surface area contributed by atoms with Crippen LogP contribution < -0.4 is 10.1 Å². The van der Waals surface area contributed by atoms with Crippen molar-refractivity contribution in [3.8, 4) is 11.5 Å². The van der Waals surface area contributed by atoms with Gasteiger partial charge in [-0.25, -0.2) is 0 Å². The minimum Gasteiger partial charge on any atom is -0.508 e. The third-order valence-corrected chi connectivity index (χ3v) is 6.53. The number of ether oxygens (including phenoxy) is 1. The zero-order valence-electron chi connectivity index (χ0n) is 19.4. The summed E-state index contributed by atoms with van der Waals surface area (Å²) in [4.78, 5) is 37.1. The standard InChI is InChI=1S/C27H26ClNO5S/c1-27(2,26(33)35-17-24(31)19-7-11-22(30)12-8-19)34-23-13-3-18(4-14-23)15-16-29-25(32)20-5-9-21(28)10-6-20/h3-14,30H,15-17H2,1-2H3,(H,29,32). The van der Waals surface area contributed by atoms with E-state index < -0.39 is 5.60 Å². The maximum atomic E-state index is 12.7. The molecule has 6 nitrogen and oxygen atoms in total. The molecule has 0 aliphatic rings. The van der Waals surface area contributed by atoms with Crippen molar-refractivity contribution in [3.63, 3.8) is 0 Å². The Bertz CT molecular complexity index is 1180. The van der Waals surface area contributed by atoms with Gasteiger partial charge in [0, 0.05) is 22.7 Å². The molecule has 8 heteroatoms. The molecule has 3 aromatic rings. The van der Waals surface area contributed by atoms with Gasteiger partial charge in [-0.1, -0.05) is 35.5 Å². The quantitative estimate of drug-likeness (QED) is 0.358. The number of Topliss-reactive ketones (excluding diaryl/α,β-unsaturated/α-hetero) is 1. The molecule has 0 unspecified atom stereocenters. The molecule has 3 rings (SSSR count). The molecule has 0 fully saturated rings. The van der Waals surface area contributed by atoms with E-state index in [-0.39, 0.29) is 28.3 Å². The summed E-state index contributed by atoms with van der Waals surface area (Å²) in [6, 6.07) is 19.9. The van der Waals surface area contributed by atoms with Crippen LogP contribution in [0.1, 0.15) is 40.1 Å². The van der Waals surface area contributed by atoms with Crippen molar-refractivity contribution in [1.82, 2.24) is 5.32 Å². The van der Waals surface area contributed by atoms with E-state index in [1.54, 1.807) is 50.2 Å². The van der Waals surface area contributed by atoms with Gasteiger partial charge in [0.2, 0.25) is 5.12 Å². The van der Waals surface area contributed by atoms with Crippen LogP contribution in [0.4, 0.5) is 0 Å². The highest BCUT2D eigenvalue weighted by molar-refractivity contribution is 8.14. The van der Waals surface area contributed by atoms with E-state index in [1.165, 1.54) is 24.3 Å². The highest BCUT2D eigenvalue weighted by Gasteiger charge is 2.31. The van der Waals surface area contributed by atoms with E-state index in [0.29, 0.717) is 34.9 Å². The molecule has 0 radical (unpaired) electrons. The second-order valence-corrected chi connectivity index (χ2v) is 9.70. The third-order valence-electron chi connectivity index (χ3n) is 5.12. The van der Waals surface area contributed by atoms with Crippen LogP contribution in [-0.4, -0.2) is 39.8 Å². The lowest BCUT2D eigenvalue weighted by molar-refractivity contribution is -0.122. The molecule has 2 N–H and O–H groups in total. The lowest BCUT2D eigenvalue weighted by Crippen LogP contribution is -2.36. The van der Waals surface area contributed by atoms with Gasteiger partial charge in [0.1, 0.15) is 11.5 Å². The molecule has 182 valence electrons. The summed E-state index contributed by atoms with van der Waals surface area (Å²) in [5.41, 5.74) is 0.856. The predicted molar refractivity (Wildman–Crippen MR) is 139 cm³/mol. The number of aromatic hydroxyl groups is 1. The number of rotatable bonds is 10. The van der Waals surface area contributed by atoms with E-state index >= 15 is 0 Å². The highest BCUT2D eigenvalue weighted by atomic mass is 35.5. The summed E-state index contributed by atoms with van der Waals surface area (Å²) in [5.74, 6) is 0.225. The number of carbonyl (C=O) groups is 3. The van der Waals surface area contributed by atoms with E-state index in [2.05, 4.69) is 5.32 Å². The fourth-order valence-electron chi connectivity index (χ4n) is 3.12. The number of benzene rings is 3. The molecule has 3 aromatic carbocycles. The molecule has 0 aromatic heterocycles. The highest BCUT2D eigenvalue weighted by Crippen LogP contribution is 2.25. The van der Waals surface area contributed by atoms with Crippen molar-refractivity contribution in [3.05, 3.63) is 94.5 Å². The Morgan fingerprint density at radius 3 is 2.14 bits per heavy atom. The molecular formula is C27H26ClNO5S. The Hall–Kier alpha value is -3.29. The number of phenolic OH excluding ortho intramolecular Hbond substituents is 1. The maximum Gasteiger partial charge on any atom is 0.251 e. The molecule has 0 atom stereocenters. The van der Waals surface area contributed by atoms with Gasteiger partial charge in [0.15, 0.2) is 11.4 Å². The van der Waals surface area contributed by atoms with Crippen molar-refractivity contribution < 1.29 is 24.2 Å². The minimum atomic E-state index is -1.13. The van der Waals surface area contributed by atoms with Gasteiger partial charge >= 0.3 is 0 Å². The number of thioether (sulfide) groups is 1. The first-order valence-electron chi connectivity index (χ1n) is 11.0. The number of ketones is 1. The average Bonchev–Trinajstić information content (AvgIpc) is 2.84. The number of halogens is 1. The number of hydrogen-bond donors (Lipinski definition) is 2. The molecule has 0 saturated heterocycles. The normalized spacial score (nSPS) is 11.1. The largest absolute Gasteiger partial charge is 0.508 e. The molecule has 0 spiro atoms.